The predicted molar refractivity (Wildman–Crippen MR) is 60.4 cm³/mol. The zero-order valence-electron chi connectivity index (χ0n) is 8.55. The lowest BCUT2D eigenvalue weighted by atomic mass is 10.4. The number of aromatic amines is 1. The van der Waals surface area contributed by atoms with Crippen molar-refractivity contribution in [2.24, 2.45) is 0 Å². The first-order valence-corrected chi connectivity index (χ1v) is 6.39. The second-order valence-corrected chi connectivity index (χ2v) is 5.32. The molecular weight excluding hydrogens is 272 g/mol. The van der Waals surface area contributed by atoms with Crippen LogP contribution in [0.5, 0.6) is 0 Å². The summed E-state index contributed by atoms with van der Waals surface area (Å²) in [4.78, 5) is 12.8. The fourth-order valence-corrected chi connectivity index (χ4v) is 2.46. The summed E-state index contributed by atoms with van der Waals surface area (Å²) >= 11 is 5.49. The molecule has 0 saturated heterocycles. The van der Waals surface area contributed by atoms with Gasteiger partial charge >= 0.3 is 0 Å². The molecule has 0 aliphatic rings. The third kappa shape index (κ3) is 3.51. The van der Waals surface area contributed by atoms with Crippen molar-refractivity contribution in [3.8, 4) is 0 Å². The topological polar surface area (TPSA) is 119 Å². The molecule has 0 aliphatic carbocycles. The van der Waals surface area contributed by atoms with Crippen LogP contribution in [0.2, 0.25) is 5.02 Å². The van der Waals surface area contributed by atoms with Gasteiger partial charge in [0.05, 0.1) is 24.2 Å². The standard InChI is InChI=1S/C8H11ClN2O5S/c9-7-1-6(2-10-8(7)14)17(15,16)11-5(3-12)4-13/h1-2,5,11-13H,3-4H2,(H,10,14). The maximum absolute atomic E-state index is 11.7. The number of pyridine rings is 1. The molecule has 17 heavy (non-hydrogen) atoms. The highest BCUT2D eigenvalue weighted by Crippen LogP contribution is 2.10. The van der Waals surface area contributed by atoms with Crippen LogP contribution in [0.3, 0.4) is 0 Å². The molecule has 0 bridgehead atoms. The Morgan fingerprint density at radius 1 is 1.41 bits per heavy atom. The van der Waals surface area contributed by atoms with Crippen LogP contribution in [-0.4, -0.2) is 42.9 Å². The molecule has 0 radical (unpaired) electrons. The lowest BCUT2D eigenvalue weighted by molar-refractivity contribution is 0.185. The van der Waals surface area contributed by atoms with E-state index < -0.39 is 34.8 Å². The van der Waals surface area contributed by atoms with Crippen LogP contribution in [0.1, 0.15) is 0 Å². The maximum Gasteiger partial charge on any atom is 0.266 e. The summed E-state index contributed by atoms with van der Waals surface area (Å²) < 4.78 is 25.5. The van der Waals surface area contributed by atoms with Crippen LogP contribution in [0.4, 0.5) is 0 Å². The van der Waals surface area contributed by atoms with E-state index in [2.05, 4.69) is 4.98 Å². The molecule has 0 aliphatic heterocycles. The van der Waals surface area contributed by atoms with Crippen molar-refractivity contribution in [1.82, 2.24) is 9.71 Å². The molecule has 0 saturated carbocycles. The molecule has 0 unspecified atom stereocenters. The molecular formula is C8H11ClN2O5S. The average Bonchev–Trinajstić information content (AvgIpc) is 2.29. The van der Waals surface area contributed by atoms with Gasteiger partial charge in [-0.05, 0) is 6.07 Å². The van der Waals surface area contributed by atoms with Crippen molar-refractivity contribution in [2.45, 2.75) is 10.9 Å². The molecule has 1 heterocycles. The monoisotopic (exact) mass is 282 g/mol. The Balaban J connectivity index is 3.05. The molecule has 7 nitrogen and oxygen atoms in total. The van der Waals surface area contributed by atoms with E-state index in [0.29, 0.717) is 0 Å². The SMILES string of the molecule is O=c1[nH]cc(S(=O)(=O)NC(CO)CO)cc1Cl. The fourth-order valence-electron chi connectivity index (χ4n) is 1.01. The van der Waals surface area contributed by atoms with Gasteiger partial charge in [0, 0.05) is 6.20 Å². The molecule has 0 spiro atoms. The minimum Gasteiger partial charge on any atom is -0.395 e. The summed E-state index contributed by atoms with van der Waals surface area (Å²) in [6.45, 7) is -1.10. The third-order valence-electron chi connectivity index (χ3n) is 1.90. The Hall–Kier alpha value is -0.930. The van der Waals surface area contributed by atoms with Gasteiger partial charge in [0.25, 0.3) is 5.56 Å². The second-order valence-electron chi connectivity index (χ2n) is 3.20. The minimum atomic E-state index is -3.95. The molecule has 0 atom stereocenters. The van der Waals surface area contributed by atoms with Gasteiger partial charge in [0.1, 0.15) is 5.02 Å². The number of aliphatic hydroxyl groups excluding tert-OH is 2. The molecule has 96 valence electrons. The van der Waals surface area contributed by atoms with Crippen LogP contribution < -0.4 is 10.3 Å². The molecule has 0 fully saturated rings. The summed E-state index contributed by atoms with van der Waals surface area (Å²) in [5.41, 5.74) is -0.605. The summed E-state index contributed by atoms with van der Waals surface area (Å²) in [7, 11) is -3.95. The van der Waals surface area contributed by atoms with Crippen molar-refractivity contribution >= 4 is 21.6 Å². The van der Waals surface area contributed by atoms with E-state index in [9.17, 15) is 13.2 Å². The Morgan fingerprint density at radius 2 is 2.00 bits per heavy atom. The van der Waals surface area contributed by atoms with Crippen molar-refractivity contribution in [2.75, 3.05) is 13.2 Å². The fraction of sp³-hybridized carbons (Fsp3) is 0.375. The van der Waals surface area contributed by atoms with Gasteiger partial charge in [0.2, 0.25) is 10.0 Å². The number of hydrogen-bond donors (Lipinski definition) is 4. The zero-order valence-corrected chi connectivity index (χ0v) is 10.1. The summed E-state index contributed by atoms with van der Waals surface area (Å²) in [5.74, 6) is 0. The van der Waals surface area contributed by atoms with E-state index in [1.807, 2.05) is 4.72 Å². The average molecular weight is 283 g/mol. The minimum absolute atomic E-state index is 0.256. The molecule has 9 heteroatoms. The molecule has 1 rings (SSSR count). The molecule has 1 aromatic heterocycles. The van der Waals surface area contributed by atoms with Gasteiger partial charge in [-0.2, -0.15) is 0 Å². The number of aromatic nitrogens is 1. The Bertz CT molecular complexity index is 537. The van der Waals surface area contributed by atoms with Crippen molar-refractivity contribution in [3.63, 3.8) is 0 Å². The van der Waals surface area contributed by atoms with Crippen LogP contribution in [0.15, 0.2) is 22.0 Å². The highest BCUT2D eigenvalue weighted by Gasteiger charge is 2.20. The van der Waals surface area contributed by atoms with Crippen molar-refractivity contribution < 1.29 is 18.6 Å². The van der Waals surface area contributed by atoms with Crippen molar-refractivity contribution in [1.29, 1.82) is 0 Å². The van der Waals surface area contributed by atoms with Crippen LogP contribution in [0.25, 0.3) is 0 Å². The molecule has 1 aromatic rings. The smallest absolute Gasteiger partial charge is 0.266 e. The van der Waals surface area contributed by atoms with E-state index in [-0.39, 0.29) is 9.92 Å². The predicted octanol–water partition coefficient (Wildman–Crippen LogP) is -1.34. The first-order valence-electron chi connectivity index (χ1n) is 4.53. The van der Waals surface area contributed by atoms with E-state index >= 15 is 0 Å². The largest absolute Gasteiger partial charge is 0.395 e. The Labute approximate surface area is 102 Å². The quantitative estimate of drug-likeness (QED) is 0.533. The normalized spacial score (nSPS) is 12.0. The Kier molecular flexibility index (Phi) is 4.66. The molecule has 4 N–H and O–H groups in total. The van der Waals surface area contributed by atoms with Gasteiger partial charge in [0.15, 0.2) is 0 Å². The number of sulfonamides is 1. The third-order valence-corrected chi connectivity index (χ3v) is 3.69. The number of halogens is 1. The summed E-state index contributed by atoms with van der Waals surface area (Å²) in [6.07, 6.45) is 0.975. The lowest BCUT2D eigenvalue weighted by Crippen LogP contribution is -2.40. The van der Waals surface area contributed by atoms with Crippen LogP contribution in [-0.2, 0) is 10.0 Å². The Morgan fingerprint density at radius 3 is 2.47 bits per heavy atom. The first-order chi connectivity index (χ1) is 7.90. The lowest BCUT2D eigenvalue weighted by Gasteiger charge is -2.13. The highest BCUT2D eigenvalue weighted by atomic mass is 35.5. The van der Waals surface area contributed by atoms with Gasteiger partial charge in [-0.15, -0.1) is 0 Å². The highest BCUT2D eigenvalue weighted by molar-refractivity contribution is 7.89. The van der Waals surface area contributed by atoms with Crippen LogP contribution in [0, 0.1) is 0 Å². The summed E-state index contributed by atoms with van der Waals surface area (Å²) in [5, 5.41) is 17.3. The second kappa shape index (κ2) is 5.61. The van der Waals surface area contributed by atoms with E-state index in [1.54, 1.807) is 0 Å². The first kappa shape index (κ1) is 14.1. The van der Waals surface area contributed by atoms with E-state index in [4.69, 9.17) is 21.8 Å². The number of H-pyrrole nitrogens is 1. The molecule has 0 amide bonds. The number of nitrogens with one attached hydrogen (secondary N) is 2. The number of hydrogen-bond acceptors (Lipinski definition) is 5. The number of rotatable bonds is 5. The van der Waals surface area contributed by atoms with Gasteiger partial charge in [-0.25, -0.2) is 13.1 Å². The molecule has 0 aromatic carbocycles. The van der Waals surface area contributed by atoms with Gasteiger partial charge in [-0.1, -0.05) is 11.6 Å². The van der Waals surface area contributed by atoms with Crippen molar-refractivity contribution in [3.05, 3.63) is 27.6 Å². The van der Waals surface area contributed by atoms with E-state index in [1.165, 1.54) is 0 Å². The van der Waals surface area contributed by atoms with Gasteiger partial charge in [-0.3, -0.25) is 4.79 Å². The van der Waals surface area contributed by atoms with Gasteiger partial charge < -0.3 is 15.2 Å². The maximum atomic E-state index is 11.7. The summed E-state index contributed by atoms with van der Waals surface area (Å²) in [6, 6.07) is -0.0279. The zero-order chi connectivity index (χ0) is 13.1. The van der Waals surface area contributed by atoms with E-state index in [0.717, 1.165) is 12.3 Å². The number of aliphatic hydroxyl groups is 2. The van der Waals surface area contributed by atoms with Crippen LogP contribution >= 0.6 is 11.6 Å².